The van der Waals surface area contributed by atoms with E-state index in [1.54, 1.807) is 11.8 Å². The van der Waals surface area contributed by atoms with Crippen LogP contribution < -0.4 is 4.90 Å². The number of benzene rings is 2. The fourth-order valence-electron chi connectivity index (χ4n) is 3.40. The van der Waals surface area contributed by atoms with Gasteiger partial charge in [-0.1, -0.05) is 48.2 Å². The maximum absolute atomic E-state index is 11.9. The molecule has 1 fully saturated rings. The molecule has 0 saturated carbocycles. The van der Waals surface area contributed by atoms with Gasteiger partial charge in [-0.05, 0) is 42.7 Å². The molecule has 2 heterocycles. The predicted molar refractivity (Wildman–Crippen MR) is 110 cm³/mol. The second-order valence-corrected chi connectivity index (χ2v) is 10.4. The van der Waals surface area contributed by atoms with Gasteiger partial charge in [0.25, 0.3) is 0 Å². The van der Waals surface area contributed by atoms with E-state index in [2.05, 4.69) is 49.1 Å². The third-order valence-corrected chi connectivity index (χ3v) is 8.27. The molecule has 1 saturated heterocycles. The minimum absolute atomic E-state index is 0.0554. The van der Waals surface area contributed by atoms with E-state index in [-0.39, 0.29) is 22.8 Å². The van der Waals surface area contributed by atoms with Crippen LogP contribution in [0, 0.1) is 13.8 Å². The Hall–Kier alpha value is -1.79. The molecule has 0 unspecified atom stereocenters. The van der Waals surface area contributed by atoms with E-state index in [4.69, 9.17) is 4.99 Å². The average Bonchev–Trinajstić information content (AvgIpc) is 3.09. The molecule has 0 N–H and O–H groups in total. The van der Waals surface area contributed by atoms with Crippen LogP contribution in [-0.2, 0) is 16.4 Å². The van der Waals surface area contributed by atoms with E-state index in [1.807, 2.05) is 18.2 Å². The second kappa shape index (κ2) is 6.74. The van der Waals surface area contributed by atoms with Gasteiger partial charge in [-0.2, -0.15) is 0 Å². The third-order valence-electron chi connectivity index (χ3n) is 5.02. The van der Waals surface area contributed by atoms with Crippen molar-refractivity contribution in [3.05, 3.63) is 65.2 Å². The molecular formula is C20H22N2O2S2. The molecular weight excluding hydrogens is 364 g/mol. The fraction of sp³-hybridized carbons (Fsp3) is 0.350. The lowest BCUT2D eigenvalue weighted by Gasteiger charge is -2.25. The normalized spacial score (nSPS) is 23.5. The molecule has 6 heteroatoms. The van der Waals surface area contributed by atoms with Crippen molar-refractivity contribution in [3.63, 3.8) is 0 Å². The minimum Gasteiger partial charge on any atom is -0.317 e. The number of hydrogen-bond acceptors (Lipinski definition) is 5. The number of sulfone groups is 1. The highest BCUT2D eigenvalue weighted by molar-refractivity contribution is 8.15. The Kier molecular flexibility index (Phi) is 4.57. The van der Waals surface area contributed by atoms with Gasteiger partial charge in [0.2, 0.25) is 0 Å². The largest absolute Gasteiger partial charge is 0.317 e. The Morgan fingerprint density at radius 2 is 1.85 bits per heavy atom. The number of amidine groups is 1. The maximum atomic E-state index is 11.9. The summed E-state index contributed by atoms with van der Waals surface area (Å²) in [4.78, 5) is 7.02. The number of aryl methyl sites for hydroxylation is 2. The topological polar surface area (TPSA) is 49.7 Å². The molecule has 136 valence electrons. The van der Waals surface area contributed by atoms with Crippen molar-refractivity contribution in [1.82, 2.24) is 0 Å². The number of hydrogen-bond donors (Lipinski definition) is 0. The molecule has 2 atom stereocenters. The molecule has 0 aromatic heterocycles. The fourth-order valence-corrected chi connectivity index (χ4v) is 7.18. The van der Waals surface area contributed by atoms with Gasteiger partial charge in [0.05, 0.1) is 24.1 Å². The highest BCUT2D eigenvalue weighted by atomic mass is 32.2. The summed E-state index contributed by atoms with van der Waals surface area (Å²) in [6.07, 6.45) is 0. The van der Waals surface area contributed by atoms with E-state index in [0.717, 1.165) is 17.4 Å². The summed E-state index contributed by atoms with van der Waals surface area (Å²) in [6, 6.07) is 16.7. The van der Waals surface area contributed by atoms with Crippen molar-refractivity contribution in [2.75, 3.05) is 16.4 Å². The van der Waals surface area contributed by atoms with E-state index in [9.17, 15) is 8.42 Å². The third kappa shape index (κ3) is 3.53. The van der Waals surface area contributed by atoms with E-state index in [0.29, 0.717) is 0 Å². The summed E-state index contributed by atoms with van der Waals surface area (Å²) in [7, 11) is -2.94. The molecule has 2 aliphatic heterocycles. The molecule has 2 aromatic carbocycles. The SMILES string of the molecule is Cc1ccc(N(Cc2ccccc2)C2=N[C@@H]3CS(=O)(=O)C[C@@H]3S2)cc1C. The Labute approximate surface area is 159 Å². The predicted octanol–water partition coefficient (Wildman–Crippen LogP) is 3.58. The first-order chi connectivity index (χ1) is 12.4. The number of rotatable bonds is 3. The Morgan fingerprint density at radius 1 is 1.08 bits per heavy atom. The zero-order valence-corrected chi connectivity index (χ0v) is 16.6. The summed E-state index contributed by atoms with van der Waals surface area (Å²) < 4.78 is 23.7. The van der Waals surface area contributed by atoms with Crippen LogP contribution in [0.2, 0.25) is 0 Å². The van der Waals surface area contributed by atoms with Gasteiger partial charge in [-0.3, -0.25) is 4.99 Å². The van der Waals surface area contributed by atoms with Gasteiger partial charge in [0.1, 0.15) is 0 Å². The van der Waals surface area contributed by atoms with E-state index in [1.165, 1.54) is 16.7 Å². The highest BCUT2D eigenvalue weighted by Gasteiger charge is 2.44. The molecule has 0 amide bonds. The number of thioether (sulfide) groups is 1. The van der Waals surface area contributed by atoms with Gasteiger partial charge in [0.15, 0.2) is 15.0 Å². The summed E-state index contributed by atoms with van der Waals surface area (Å²) in [5.74, 6) is 0.418. The van der Waals surface area contributed by atoms with Crippen LogP contribution in [0.5, 0.6) is 0 Å². The van der Waals surface area contributed by atoms with Crippen molar-refractivity contribution in [2.45, 2.75) is 31.7 Å². The second-order valence-electron chi connectivity index (χ2n) is 7.05. The van der Waals surface area contributed by atoms with Crippen molar-refractivity contribution in [1.29, 1.82) is 0 Å². The lowest BCUT2D eigenvalue weighted by molar-refractivity contribution is 0.601. The first-order valence-electron chi connectivity index (χ1n) is 8.75. The zero-order valence-electron chi connectivity index (χ0n) is 14.9. The van der Waals surface area contributed by atoms with Crippen LogP contribution in [0.1, 0.15) is 16.7 Å². The van der Waals surface area contributed by atoms with Crippen molar-refractivity contribution in [2.24, 2.45) is 4.99 Å². The van der Waals surface area contributed by atoms with Crippen LogP contribution in [0.4, 0.5) is 5.69 Å². The van der Waals surface area contributed by atoms with Crippen molar-refractivity contribution < 1.29 is 8.42 Å². The number of anilines is 1. The lowest BCUT2D eigenvalue weighted by Crippen LogP contribution is -2.28. The Morgan fingerprint density at radius 3 is 2.54 bits per heavy atom. The van der Waals surface area contributed by atoms with Gasteiger partial charge in [0, 0.05) is 10.9 Å². The molecule has 26 heavy (non-hydrogen) atoms. The highest BCUT2D eigenvalue weighted by Crippen LogP contribution is 2.37. The van der Waals surface area contributed by atoms with Crippen LogP contribution >= 0.6 is 11.8 Å². The summed E-state index contributed by atoms with van der Waals surface area (Å²) in [6.45, 7) is 4.95. The lowest BCUT2D eigenvalue weighted by atomic mass is 10.1. The van der Waals surface area contributed by atoms with Gasteiger partial charge in [-0.15, -0.1) is 0 Å². The average molecular weight is 387 g/mol. The number of nitrogens with zero attached hydrogens (tertiary/aromatic N) is 2. The summed E-state index contributed by atoms with van der Waals surface area (Å²) >= 11 is 1.61. The van der Waals surface area contributed by atoms with E-state index < -0.39 is 9.84 Å². The van der Waals surface area contributed by atoms with Gasteiger partial charge >= 0.3 is 0 Å². The molecule has 2 aromatic rings. The molecule has 4 nitrogen and oxygen atoms in total. The molecule has 0 radical (unpaired) electrons. The monoisotopic (exact) mass is 386 g/mol. The quantitative estimate of drug-likeness (QED) is 0.809. The van der Waals surface area contributed by atoms with Crippen LogP contribution in [-0.4, -0.2) is 36.4 Å². The van der Waals surface area contributed by atoms with Crippen molar-refractivity contribution in [3.8, 4) is 0 Å². The maximum Gasteiger partial charge on any atom is 0.164 e. The minimum atomic E-state index is -2.94. The van der Waals surface area contributed by atoms with E-state index >= 15 is 0 Å². The Balaban J connectivity index is 1.68. The molecule has 0 aliphatic carbocycles. The number of aliphatic imine (C=N–C) groups is 1. The van der Waals surface area contributed by atoms with Gasteiger partial charge in [-0.25, -0.2) is 8.42 Å². The summed E-state index contributed by atoms with van der Waals surface area (Å²) in [5.41, 5.74) is 4.81. The Bertz CT molecular complexity index is 955. The molecule has 0 spiro atoms. The molecule has 2 aliphatic rings. The van der Waals surface area contributed by atoms with Crippen LogP contribution in [0.3, 0.4) is 0 Å². The number of fused-ring (bicyclic) bond motifs is 1. The smallest absolute Gasteiger partial charge is 0.164 e. The van der Waals surface area contributed by atoms with Gasteiger partial charge < -0.3 is 4.90 Å². The molecule has 4 rings (SSSR count). The first-order valence-corrected chi connectivity index (χ1v) is 11.4. The molecule has 0 bridgehead atoms. The first kappa shape index (κ1) is 17.6. The summed E-state index contributed by atoms with van der Waals surface area (Å²) in [5, 5.41) is 0.988. The zero-order chi connectivity index (χ0) is 18.3. The van der Waals surface area contributed by atoms with Crippen LogP contribution in [0.25, 0.3) is 0 Å². The van der Waals surface area contributed by atoms with Crippen LogP contribution in [0.15, 0.2) is 53.5 Å². The standard InChI is InChI=1S/C20H22N2O2S2/c1-14-8-9-17(10-15(14)2)22(11-16-6-4-3-5-7-16)20-21-18-12-26(23,24)13-19(18)25-20/h3-10,18-19H,11-13H2,1-2H3/t18-,19+/m1/s1. The van der Waals surface area contributed by atoms with Crippen molar-refractivity contribution >= 4 is 32.5 Å².